The van der Waals surface area contributed by atoms with Gasteiger partial charge in [-0.1, -0.05) is 24.6 Å². The van der Waals surface area contributed by atoms with Crippen molar-refractivity contribution in [2.75, 3.05) is 13.1 Å². The molecule has 0 saturated carbocycles. The summed E-state index contributed by atoms with van der Waals surface area (Å²) in [7, 11) is 0. The summed E-state index contributed by atoms with van der Waals surface area (Å²) in [6.07, 6.45) is 1.01. The standard InChI is InChI=1S/C13H19NO/c1-4-10-14(5-2)13(15)12-8-6-11(3)7-9-12/h6-9H,4-5,10H2,1-3H3. The monoisotopic (exact) mass is 205 g/mol. The molecule has 0 aromatic heterocycles. The summed E-state index contributed by atoms with van der Waals surface area (Å²) in [6.45, 7) is 7.74. The van der Waals surface area contributed by atoms with Crippen LogP contribution in [0.4, 0.5) is 0 Å². The number of nitrogens with zero attached hydrogens (tertiary/aromatic N) is 1. The van der Waals surface area contributed by atoms with E-state index in [1.807, 2.05) is 43.0 Å². The maximum atomic E-state index is 12.0. The van der Waals surface area contributed by atoms with Crippen LogP contribution in [0.2, 0.25) is 0 Å². The van der Waals surface area contributed by atoms with Gasteiger partial charge in [0, 0.05) is 18.7 Å². The fourth-order valence-corrected chi connectivity index (χ4v) is 1.55. The molecule has 1 amide bonds. The van der Waals surface area contributed by atoms with Gasteiger partial charge in [0.1, 0.15) is 0 Å². The molecule has 0 aliphatic carbocycles. The third kappa shape index (κ3) is 3.08. The van der Waals surface area contributed by atoms with Gasteiger partial charge in [0.05, 0.1) is 0 Å². The topological polar surface area (TPSA) is 20.3 Å². The highest BCUT2D eigenvalue weighted by Crippen LogP contribution is 2.07. The lowest BCUT2D eigenvalue weighted by molar-refractivity contribution is 0.0764. The zero-order valence-corrected chi connectivity index (χ0v) is 9.79. The summed E-state index contributed by atoms with van der Waals surface area (Å²) in [5.41, 5.74) is 1.97. The molecule has 15 heavy (non-hydrogen) atoms. The molecule has 0 bridgehead atoms. The minimum atomic E-state index is 0.138. The van der Waals surface area contributed by atoms with E-state index in [4.69, 9.17) is 0 Å². The van der Waals surface area contributed by atoms with Crippen molar-refractivity contribution in [1.29, 1.82) is 0 Å². The van der Waals surface area contributed by atoms with E-state index >= 15 is 0 Å². The molecule has 1 aromatic carbocycles. The lowest BCUT2D eigenvalue weighted by atomic mass is 10.1. The molecule has 2 heteroatoms. The average Bonchev–Trinajstić information content (AvgIpc) is 2.26. The average molecular weight is 205 g/mol. The molecule has 0 unspecified atom stereocenters. The second-order valence-corrected chi connectivity index (χ2v) is 3.75. The fraction of sp³-hybridized carbons (Fsp3) is 0.462. The Balaban J connectivity index is 2.78. The SMILES string of the molecule is CCCN(CC)C(=O)c1ccc(C)cc1. The Morgan fingerprint density at radius 3 is 2.27 bits per heavy atom. The number of carbonyl (C=O) groups is 1. The lowest BCUT2D eigenvalue weighted by Crippen LogP contribution is -2.31. The molecule has 0 atom stereocenters. The van der Waals surface area contributed by atoms with Crippen LogP contribution in [0.15, 0.2) is 24.3 Å². The van der Waals surface area contributed by atoms with Gasteiger partial charge in [-0.25, -0.2) is 0 Å². The van der Waals surface area contributed by atoms with Gasteiger partial charge in [-0.05, 0) is 32.4 Å². The van der Waals surface area contributed by atoms with Crippen molar-refractivity contribution in [3.8, 4) is 0 Å². The summed E-state index contributed by atoms with van der Waals surface area (Å²) in [5.74, 6) is 0.138. The zero-order chi connectivity index (χ0) is 11.3. The summed E-state index contributed by atoms with van der Waals surface area (Å²) in [5, 5.41) is 0. The normalized spacial score (nSPS) is 10.1. The van der Waals surface area contributed by atoms with Crippen LogP contribution >= 0.6 is 0 Å². The van der Waals surface area contributed by atoms with Crippen molar-refractivity contribution in [3.05, 3.63) is 35.4 Å². The van der Waals surface area contributed by atoms with E-state index in [0.29, 0.717) is 0 Å². The first kappa shape index (κ1) is 11.8. The van der Waals surface area contributed by atoms with Gasteiger partial charge in [-0.15, -0.1) is 0 Å². The minimum Gasteiger partial charge on any atom is -0.339 e. The van der Waals surface area contributed by atoms with Gasteiger partial charge in [0.2, 0.25) is 0 Å². The summed E-state index contributed by atoms with van der Waals surface area (Å²) in [4.78, 5) is 13.9. The molecule has 1 rings (SSSR count). The first-order valence-corrected chi connectivity index (χ1v) is 5.55. The van der Waals surface area contributed by atoms with Crippen molar-refractivity contribution < 1.29 is 4.79 Å². The molecular weight excluding hydrogens is 186 g/mol. The second-order valence-electron chi connectivity index (χ2n) is 3.75. The number of hydrogen-bond acceptors (Lipinski definition) is 1. The lowest BCUT2D eigenvalue weighted by Gasteiger charge is -2.20. The van der Waals surface area contributed by atoms with Crippen LogP contribution in [-0.4, -0.2) is 23.9 Å². The van der Waals surface area contributed by atoms with Gasteiger partial charge < -0.3 is 4.90 Å². The largest absolute Gasteiger partial charge is 0.339 e. The maximum absolute atomic E-state index is 12.0. The Labute approximate surface area is 91.9 Å². The molecule has 0 aliphatic rings. The van der Waals surface area contributed by atoms with Crippen molar-refractivity contribution in [3.63, 3.8) is 0 Å². The maximum Gasteiger partial charge on any atom is 0.253 e. The van der Waals surface area contributed by atoms with Crippen LogP contribution in [0.1, 0.15) is 36.2 Å². The summed E-state index contributed by atoms with van der Waals surface area (Å²) < 4.78 is 0. The van der Waals surface area contributed by atoms with E-state index < -0.39 is 0 Å². The van der Waals surface area contributed by atoms with E-state index in [-0.39, 0.29) is 5.91 Å². The van der Waals surface area contributed by atoms with Gasteiger partial charge in [0.25, 0.3) is 5.91 Å². The minimum absolute atomic E-state index is 0.138. The first-order chi connectivity index (χ1) is 7.19. The number of aryl methyl sites for hydroxylation is 1. The Kier molecular flexibility index (Phi) is 4.35. The van der Waals surface area contributed by atoms with Crippen molar-refractivity contribution >= 4 is 5.91 Å². The van der Waals surface area contributed by atoms with Crippen LogP contribution in [0.5, 0.6) is 0 Å². The van der Waals surface area contributed by atoms with Crippen molar-refractivity contribution in [2.24, 2.45) is 0 Å². The Hall–Kier alpha value is -1.31. The van der Waals surface area contributed by atoms with Crippen LogP contribution in [0, 0.1) is 6.92 Å². The summed E-state index contributed by atoms with van der Waals surface area (Å²) in [6, 6.07) is 7.76. The number of carbonyl (C=O) groups excluding carboxylic acids is 1. The number of amides is 1. The highest BCUT2D eigenvalue weighted by molar-refractivity contribution is 5.94. The van der Waals surface area contributed by atoms with E-state index in [0.717, 1.165) is 25.1 Å². The number of rotatable bonds is 4. The van der Waals surface area contributed by atoms with Crippen LogP contribution in [0.25, 0.3) is 0 Å². The van der Waals surface area contributed by atoms with Gasteiger partial charge in [-0.2, -0.15) is 0 Å². The molecule has 1 aromatic rings. The summed E-state index contributed by atoms with van der Waals surface area (Å²) >= 11 is 0. The highest BCUT2D eigenvalue weighted by Gasteiger charge is 2.12. The zero-order valence-electron chi connectivity index (χ0n) is 9.79. The van der Waals surface area contributed by atoms with Gasteiger partial charge in [0.15, 0.2) is 0 Å². The molecule has 0 saturated heterocycles. The number of benzene rings is 1. The molecule has 82 valence electrons. The quantitative estimate of drug-likeness (QED) is 0.740. The first-order valence-electron chi connectivity index (χ1n) is 5.55. The van der Waals surface area contributed by atoms with E-state index in [1.165, 1.54) is 5.56 Å². The Bertz CT molecular complexity index is 316. The smallest absolute Gasteiger partial charge is 0.253 e. The Morgan fingerprint density at radius 2 is 1.80 bits per heavy atom. The molecule has 0 aliphatic heterocycles. The van der Waals surface area contributed by atoms with Gasteiger partial charge >= 0.3 is 0 Å². The Morgan fingerprint density at radius 1 is 1.20 bits per heavy atom. The predicted molar refractivity (Wildman–Crippen MR) is 63.0 cm³/mol. The van der Waals surface area contributed by atoms with Crippen LogP contribution < -0.4 is 0 Å². The van der Waals surface area contributed by atoms with Crippen LogP contribution in [-0.2, 0) is 0 Å². The third-order valence-electron chi connectivity index (χ3n) is 2.46. The molecule has 2 nitrogen and oxygen atoms in total. The molecule has 0 spiro atoms. The van der Waals surface area contributed by atoms with E-state index in [1.54, 1.807) is 0 Å². The van der Waals surface area contributed by atoms with E-state index in [9.17, 15) is 4.79 Å². The molecular formula is C13H19NO. The third-order valence-corrected chi connectivity index (χ3v) is 2.46. The molecule has 0 N–H and O–H groups in total. The van der Waals surface area contributed by atoms with Crippen molar-refractivity contribution in [1.82, 2.24) is 4.90 Å². The second kappa shape index (κ2) is 5.54. The number of hydrogen-bond donors (Lipinski definition) is 0. The predicted octanol–water partition coefficient (Wildman–Crippen LogP) is 2.87. The molecule has 0 heterocycles. The molecule has 0 radical (unpaired) electrons. The fourth-order valence-electron chi connectivity index (χ4n) is 1.55. The highest BCUT2D eigenvalue weighted by atomic mass is 16.2. The van der Waals surface area contributed by atoms with Gasteiger partial charge in [-0.3, -0.25) is 4.79 Å². The molecule has 0 fully saturated rings. The van der Waals surface area contributed by atoms with Crippen molar-refractivity contribution in [2.45, 2.75) is 27.2 Å². The van der Waals surface area contributed by atoms with Crippen LogP contribution in [0.3, 0.4) is 0 Å². The van der Waals surface area contributed by atoms with E-state index in [2.05, 4.69) is 6.92 Å².